The molecule has 1 aliphatic carbocycles. The molecule has 7 nitrogen and oxygen atoms in total. The number of aromatic nitrogens is 2. The van der Waals surface area contributed by atoms with Crippen LogP contribution >= 0.6 is 22.9 Å². The zero-order valence-corrected chi connectivity index (χ0v) is 18.1. The van der Waals surface area contributed by atoms with Crippen LogP contribution in [0.3, 0.4) is 0 Å². The van der Waals surface area contributed by atoms with E-state index in [1.807, 2.05) is 0 Å². The van der Waals surface area contributed by atoms with Gasteiger partial charge < -0.3 is 4.90 Å². The first-order valence-electron chi connectivity index (χ1n) is 9.47. The van der Waals surface area contributed by atoms with Gasteiger partial charge in [0.2, 0.25) is 11.0 Å². The molecule has 10 heteroatoms. The van der Waals surface area contributed by atoms with Gasteiger partial charge in [0.15, 0.2) is 0 Å². The van der Waals surface area contributed by atoms with Gasteiger partial charge in [0.05, 0.1) is 4.90 Å². The highest BCUT2D eigenvalue weighted by Gasteiger charge is 2.36. The largest absolute Gasteiger partial charge is 0.312 e. The third-order valence-electron chi connectivity index (χ3n) is 5.19. The topological polar surface area (TPSA) is 92.3 Å². The van der Waals surface area contributed by atoms with Crippen molar-refractivity contribution in [3.8, 4) is 10.6 Å². The van der Waals surface area contributed by atoms with Crippen molar-refractivity contribution >= 4 is 49.7 Å². The maximum Gasteiger partial charge on any atom is 0.263 e. The van der Waals surface area contributed by atoms with E-state index in [9.17, 15) is 13.2 Å². The first-order chi connectivity index (χ1) is 14.4. The Kier molecular flexibility index (Phi) is 4.76. The summed E-state index contributed by atoms with van der Waals surface area (Å²) in [6.45, 7) is 0.600. The van der Waals surface area contributed by atoms with Crippen molar-refractivity contribution < 1.29 is 13.2 Å². The van der Waals surface area contributed by atoms with Crippen molar-refractivity contribution in [2.24, 2.45) is 5.92 Å². The van der Waals surface area contributed by atoms with Crippen LogP contribution in [-0.2, 0) is 21.2 Å². The number of halogens is 1. The van der Waals surface area contributed by atoms with Gasteiger partial charge in [-0.25, -0.2) is 8.42 Å². The van der Waals surface area contributed by atoms with E-state index in [-0.39, 0.29) is 21.9 Å². The average molecular weight is 461 g/mol. The van der Waals surface area contributed by atoms with Crippen molar-refractivity contribution in [1.29, 1.82) is 0 Å². The third kappa shape index (κ3) is 3.68. The SMILES string of the molecule is O=C(C1CC1)N1CCc2cc(S(=O)(=O)Nc3nnc(-c4ccc(Cl)cc4)s3)ccc21. The van der Waals surface area contributed by atoms with Gasteiger partial charge in [-0.1, -0.05) is 35.1 Å². The molecule has 1 aromatic heterocycles. The molecule has 0 unspecified atom stereocenters. The molecule has 1 fully saturated rings. The average Bonchev–Trinajstić information content (AvgIpc) is 3.34. The minimum absolute atomic E-state index is 0.133. The number of amides is 1. The van der Waals surface area contributed by atoms with E-state index < -0.39 is 10.0 Å². The predicted octanol–water partition coefficient (Wildman–Crippen LogP) is 3.96. The summed E-state index contributed by atoms with van der Waals surface area (Å²) in [6, 6.07) is 12.0. The fraction of sp³-hybridized carbons (Fsp3) is 0.250. The fourth-order valence-corrected chi connectivity index (χ4v) is 5.63. The number of hydrogen-bond donors (Lipinski definition) is 1. The lowest BCUT2D eigenvalue weighted by Crippen LogP contribution is -2.30. The van der Waals surface area contributed by atoms with E-state index in [1.54, 1.807) is 41.3 Å². The Bertz CT molecular complexity index is 1240. The smallest absolute Gasteiger partial charge is 0.263 e. The Morgan fingerprint density at radius 2 is 1.90 bits per heavy atom. The predicted molar refractivity (Wildman–Crippen MR) is 116 cm³/mol. The van der Waals surface area contributed by atoms with Gasteiger partial charge in [0.1, 0.15) is 5.01 Å². The van der Waals surface area contributed by atoms with Gasteiger partial charge >= 0.3 is 0 Å². The van der Waals surface area contributed by atoms with Gasteiger partial charge in [0.25, 0.3) is 10.0 Å². The van der Waals surface area contributed by atoms with Gasteiger partial charge in [-0.2, -0.15) is 0 Å². The third-order valence-corrected chi connectivity index (χ3v) is 7.79. The number of anilines is 2. The number of hydrogen-bond acceptors (Lipinski definition) is 6. The van der Waals surface area contributed by atoms with Crippen LogP contribution in [0.2, 0.25) is 5.02 Å². The Morgan fingerprint density at radius 3 is 2.63 bits per heavy atom. The number of nitrogens with zero attached hydrogens (tertiary/aromatic N) is 3. The summed E-state index contributed by atoms with van der Waals surface area (Å²) in [5.74, 6) is 0.277. The van der Waals surface area contributed by atoms with Crippen LogP contribution in [0.15, 0.2) is 47.4 Å². The van der Waals surface area contributed by atoms with Crippen LogP contribution < -0.4 is 9.62 Å². The molecule has 1 aliphatic heterocycles. The standard InChI is InChI=1S/C20H17ClN4O3S2/c21-15-5-3-12(4-6-15)18-22-23-20(29-18)24-30(27,28)16-7-8-17-14(11-16)9-10-25(17)19(26)13-1-2-13/h3-8,11,13H,1-2,9-10H2,(H,23,24). The lowest BCUT2D eigenvalue weighted by Gasteiger charge is -2.17. The maximum atomic E-state index is 12.9. The van der Waals surface area contributed by atoms with E-state index in [4.69, 9.17) is 11.6 Å². The molecule has 1 saturated carbocycles. The molecule has 0 radical (unpaired) electrons. The Hall–Kier alpha value is -2.49. The quantitative estimate of drug-likeness (QED) is 0.622. The Labute approximate surface area is 182 Å². The van der Waals surface area contributed by atoms with E-state index in [1.165, 1.54) is 6.07 Å². The second-order valence-electron chi connectivity index (χ2n) is 7.33. The normalized spacial score (nSPS) is 15.8. The second kappa shape index (κ2) is 7.33. The molecule has 0 atom stereocenters. The molecule has 0 bridgehead atoms. The van der Waals surface area contributed by atoms with Gasteiger partial charge in [-0.3, -0.25) is 9.52 Å². The van der Waals surface area contributed by atoms with Crippen LogP contribution in [0.4, 0.5) is 10.8 Å². The number of carbonyl (C=O) groups is 1. The van der Waals surface area contributed by atoms with Gasteiger partial charge in [-0.05, 0) is 55.2 Å². The summed E-state index contributed by atoms with van der Waals surface area (Å²) in [7, 11) is -3.82. The molecule has 5 rings (SSSR count). The zero-order valence-electron chi connectivity index (χ0n) is 15.7. The number of benzene rings is 2. The molecule has 3 aromatic rings. The molecule has 154 valence electrons. The van der Waals surface area contributed by atoms with Crippen LogP contribution in [0.1, 0.15) is 18.4 Å². The van der Waals surface area contributed by atoms with Crippen LogP contribution in [0, 0.1) is 5.92 Å². The summed E-state index contributed by atoms with van der Waals surface area (Å²) in [6.07, 6.45) is 2.54. The van der Waals surface area contributed by atoms with Crippen molar-refractivity contribution in [1.82, 2.24) is 10.2 Å². The van der Waals surface area contributed by atoms with Gasteiger partial charge in [-0.15, -0.1) is 10.2 Å². The Balaban J connectivity index is 1.36. The van der Waals surface area contributed by atoms with E-state index in [2.05, 4.69) is 14.9 Å². The summed E-state index contributed by atoms with van der Waals surface area (Å²) in [5.41, 5.74) is 2.48. The van der Waals surface area contributed by atoms with Crippen molar-refractivity contribution in [3.63, 3.8) is 0 Å². The van der Waals surface area contributed by atoms with Crippen LogP contribution in [0.5, 0.6) is 0 Å². The first-order valence-corrected chi connectivity index (χ1v) is 12.1. The highest BCUT2D eigenvalue weighted by Crippen LogP contribution is 2.37. The zero-order chi connectivity index (χ0) is 20.9. The summed E-state index contributed by atoms with van der Waals surface area (Å²) in [5, 5.41) is 9.40. The van der Waals surface area contributed by atoms with Gasteiger partial charge in [0, 0.05) is 28.7 Å². The summed E-state index contributed by atoms with van der Waals surface area (Å²) < 4.78 is 28.2. The molecule has 2 aliphatic rings. The first kappa shape index (κ1) is 19.5. The van der Waals surface area contributed by atoms with E-state index in [0.717, 1.165) is 41.0 Å². The molecule has 0 saturated heterocycles. The fourth-order valence-electron chi connectivity index (χ4n) is 3.47. The second-order valence-corrected chi connectivity index (χ2v) is 10.4. The van der Waals surface area contributed by atoms with E-state index >= 15 is 0 Å². The molecule has 2 heterocycles. The number of fused-ring (bicyclic) bond motifs is 1. The van der Waals surface area contributed by atoms with E-state index in [0.29, 0.717) is 23.0 Å². The van der Waals surface area contributed by atoms with Crippen LogP contribution in [0.25, 0.3) is 10.6 Å². The lowest BCUT2D eigenvalue weighted by atomic mass is 10.2. The summed E-state index contributed by atoms with van der Waals surface area (Å²) in [4.78, 5) is 14.3. The van der Waals surface area contributed by atoms with Crippen LogP contribution in [-0.4, -0.2) is 31.1 Å². The summed E-state index contributed by atoms with van der Waals surface area (Å²) >= 11 is 7.04. The molecular weight excluding hydrogens is 444 g/mol. The molecule has 0 spiro atoms. The number of nitrogens with one attached hydrogen (secondary N) is 1. The highest BCUT2D eigenvalue weighted by atomic mass is 35.5. The van der Waals surface area contributed by atoms with Crippen molar-refractivity contribution in [2.45, 2.75) is 24.2 Å². The maximum absolute atomic E-state index is 12.9. The van der Waals surface area contributed by atoms with Crippen molar-refractivity contribution in [2.75, 3.05) is 16.2 Å². The molecule has 2 aromatic carbocycles. The number of rotatable bonds is 5. The minimum Gasteiger partial charge on any atom is -0.312 e. The lowest BCUT2D eigenvalue weighted by molar-refractivity contribution is -0.119. The number of sulfonamides is 1. The highest BCUT2D eigenvalue weighted by molar-refractivity contribution is 7.93. The van der Waals surface area contributed by atoms with Crippen molar-refractivity contribution in [3.05, 3.63) is 53.1 Å². The molecular formula is C20H17ClN4O3S2. The Morgan fingerprint density at radius 1 is 1.13 bits per heavy atom. The number of carbonyl (C=O) groups excluding carboxylic acids is 1. The minimum atomic E-state index is -3.82. The molecule has 30 heavy (non-hydrogen) atoms. The monoisotopic (exact) mass is 460 g/mol. The molecule has 1 amide bonds. The molecule has 1 N–H and O–H groups in total.